The fourth-order valence-corrected chi connectivity index (χ4v) is 16.5. The van der Waals surface area contributed by atoms with Crippen molar-refractivity contribution in [2.75, 3.05) is 125 Å². The second-order valence-corrected chi connectivity index (χ2v) is 31.1. The number of nitrogens with two attached hydrogens (primary N) is 1. The number of rotatable bonds is 66. The molecule has 0 aromatic rings. The van der Waals surface area contributed by atoms with Crippen molar-refractivity contribution in [1.82, 2.24) is 58.5 Å². The molecule has 0 spiro atoms. The zero-order valence-electron chi connectivity index (χ0n) is 67.4. The van der Waals surface area contributed by atoms with Gasteiger partial charge in [-0.15, -0.1) is 0 Å². The number of unbranched alkanes of at least 4 members (excludes halogenated alkanes) is 11. The highest BCUT2D eigenvalue weighted by atomic mass is 16.7. The van der Waals surface area contributed by atoms with E-state index in [9.17, 15) is 88.5 Å². The molecule has 0 bridgehead atoms. The third-order valence-corrected chi connectivity index (χ3v) is 22.2. The minimum Gasteiger partial charge on any atom is -0.396 e. The predicted octanol–water partition coefficient (Wildman–Crippen LogP) is -3.87. The van der Waals surface area contributed by atoms with Crippen LogP contribution in [0.3, 0.4) is 0 Å². The van der Waals surface area contributed by atoms with Gasteiger partial charge in [0.15, 0.2) is 18.9 Å². The summed E-state index contributed by atoms with van der Waals surface area (Å²) in [5.41, 5.74) is -5.71. The highest BCUT2D eigenvalue weighted by Crippen LogP contribution is 2.74. The maximum Gasteiger partial charge on any atom is 0.248 e. The van der Waals surface area contributed by atoms with Gasteiger partial charge in [0.25, 0.3) is 0 Å². The molecule has 0 radical (unpaired) electrons. The Labute approximate surface area is 672 Å². The topological polar surface area (TPSA) is 571 Å². The Morgan fingerprint density at radius 2 is 0.748 bits per heavy atom. The number of carbonyl (C=O) groups excluding carboxylic acids is 11. The number of hydrogen-bond donors (Lipinski definition) is 19. The van der Waals surface area contributed by atoms with E-state index < -0.39 is 114 Å². The average molecular weight is 1650 g/mol. The molecule has 6 aliphatic rings. The van der Waals surface area contributed by atoms with Crippen molar-refractivity contribution < 1.29 is 131 Å². The Morgan fingerprint density at radius 3 is 1.11 bits per heavy atom. The highest BCUT2D eigenvalue weighted by Gasteiger charge is 2.92. The maximum atomic E-state index is 14.0. The number of amides is 11. The first-order valence-electron chi connectivity index (χ1n) is 41.0. The number of carbonyl (C=O) groups is 11. The standard InChI is InChI=1S/C76H132N12O27/c1-49(85-50(2)91)67(106)110-37-17-13-23-53(94)78-31-20-34-81-56(97)27-40-107-46-72(88-59(100)26-12-10-8-6-5-7-9-11-16-30-84-60(101)43-113-77,47-108-41-28-57(98)82-35-21-32-79-54(95)24-14-18-38-111-70-75(86-51(3)92)63-61(102)65(104)73(63,44-89)68(75)114-70)48-109-42-29-58(99)83-36-22-33-80-55(96)25-15-19-39-112-71-76(87-52(4)93)64-62(103)66(105)74(64,45-90)69(76)115-71/h49,61-71,89-90,102-106H,5-48,77H2,1-4H3,(H,78,94)(H,79,95)(H,80,96)(H,81,97)(H,82,98)(H,83,99)(H,84,101)(H,85,91)(H,86,92)(H,87,93)(H,88,100)/t49?,61?,62?,63?,64?,65-,66-,67+,68?,69?,70-,71-,72?,73?,74?,75?,76?/m1/s1. The third-order valence-electron chi connectivity index (χ3n) is 22.2. The monoisotopic (exact) mass is 1640 g/mol. The van der Waals surface area contributed by atoms with E-state index in [0.717, 1.165) is 51.4 Å². The van der Waals surface area contributed by atoms with Gasteiger partial charge in [0.1, 0.15) is 35.4 Å². The molecule has 0 aromatic heterocycles. The number of aliphatic hydroxyl groups is 7. The number of aliphatic hydroxyl groups excluding tert-OH is 7. The summed E-state index contributed by atoms with van der Waals surface area (Å²) >= 11 is 0. The molecule has 16 atom stereocenters. The third kappa shape index (κ3) is 27.5. The number of nitrogens with one attached hydrogen (secondary N) is 11. The van der Waals surface area contributed by atoms with Crippen LogP contribution in [0, 0.1) is 22.7 Å². The van der Waals surface area contributed by atoms with Crippen LogP contribution in [-0.2, 0) is 95.5 Å². The van der Waals surface area contributed by atoms with Gasteiger partial charge in [0.2, 0.25) is 65.0 Å². The fourth-order valence-electron chi connectivity index (χ4n) is 16.5. The van der Waals surface area contributed by atoms with Crippen molar-refractivity contribution in [1.29, 1.82) is 0 Å². The molecule has 39 nitrogen and oxygen atoms in total. The molecule has 4 saturated carbocycles. The van der Waals surface area contributed by atoms with Gasteiger partial charge in [0.05, 0.1) is 94.1 Å². The van der Waals surface area contributed by atoms with Gasteiger partial charge in [-0.25, -0.2) is 5.90 Å². The highest BCUT2D eigenvalue weighted by molar-refractivity contribution is 5.80. The van der Waals surface area contributed by atoms with Crippen molar-refractivity contribution in [3.8, 4) is 0 Å². The smallest absolute Gasteiger partial charge is 0.248 e. The van der Waals surface area contributed by atoms with Gasteiger partial charge >= 0.3 is 0 Å². The van der Waals surface area contributed by atoms with Gasteiger partial charge < -0.3 is 132 Å². The molecule has 2 heterocycles. The van der Waals surface area contributed by atoms with Crippen LogP contribution in [-0.4, -0.2) is 304 Å². The van der Waals surface area contributed by atoms with E-state index >= 15 is 0 Å². The van der Waals surface area contributed by atoms with E-state index in [1.54, 1.807) is 6.92 Å². The van der Waals surface area contributed by atoms with Crippen LogP contribution in [0.15, 0.2) is 0 Å². The first-order chi connectivity index (χ1) is 55.2. The molecule has 4 aliphatic carbocycles. The van der Waals surface area contributed by atoms with Crippen LogP contribution < -0.4 is 64.4 Å². The normalized spacial score (nSPS) is 26.6. The average Bonchev–Trinajstić information content (AvgIpc) is 0.631. The largest absolute Gasteiger partial charge is 0.396 e. The van der Waals surface area contributed by atoms with Crippen molar-refractivity contribution in [2.45, 2.75) is 266 Å². The number of hydrogen-bond acceptors (Lipinski definition) is 28. The molecule has 39 heteroatoms. The van der Waals surface area contributed by atoms with Crippen LogP contribution >= 0.6 is 0 Å². The summed E-state index contributed by atoms with van der Waals surface area (Å²) in [5, 5.41) is 103. The quantitative estimate of drug-likeness (QED) is 0.0157. The van der Waals surface area contributed by atoms with Gasteiger partial charge in [-0.1, -0.05) is 44.9 Å². The van der Waals surface area contributed by atoms with Gasteiger partial charge in [-0.3, -0.25) is 57.6 Å². The van der Waals surface area contributed by atoms with E-state index in [0.29, 0.717) is 77.3 Å². The van der Waals surface area contributed by atoms with E-state index in [4.69, 9.17) is 43.8 Å². The Kier molecular flexibility index (Phi) is 42.1. The first kappa shape index (κ1) is 97.3. The van der Waals surface area contributed by atoms with Gasteiger partial charge in [-0.05, 0) is 77.6 Å². The van der Waals surface area contributed by atoms with Crippen LogP contribution in [0.5, 0.6) is 0 Å². The molecule has 2 aliphatic heterocycles. The number of ether oxygens (including phenoxy) is 8. The van der Waals surface area contributed by atoms with E-state index in [1.807, 2.05) is 0 Å². The zero-order valence-corrected chi connectivity index (χ0v) is 67.4. The molecule has 2 saturated heterocycles. The molecule has 115 heavy (non-hydrogen) atoms. The molecular weight excluding hydrogens is 1510 g/mol. The molecule has 11 unspecified atom stereocenters. The first-order valence-corrected chi connectivity index (χ1v) is 41.0. The Morgan fingerprint density at radius 1 is 0.417 bits per heavy atom. The lowest BCUT2D eigenvalue weighted by Crippen LogP contribution is -3.01. The summed E-state index contributed by atoms with van der Waals surface area (Å²) in [5.74, 6) is 0.339. The summed E-state index contributed by atoms with van der Waals surface area (Å²) in [4.78, 5) is 143. The van der Waals surface area contributed by atoms with Crippen molar-refractivity contribution >= 4 is 65.0 Å². The molecule has 11 amide bonds. The minimum atomic E-state index is -1.39. The van der Waals surface area contributed by atoms with Gasteiger partial charge in [-0.2, -0.15) is 0 Å². The lowest BCUT2D eigenvalue weighted by atomic mass is 9.32. The minimum absolute atomic E-state index is 0.0763. The summed E-state index contributed by atoms with van der Waals surface area (Å²) in [7, 11) is 0. The van der Waals surface area contributed by atoms with Crippen LogP contribution in [0.25, 0.3) is 0 Å². The van der Waals surface area contributed by atoms with Crippen molar-refractivity contribution in [2.24, 2.45) is 28.6 Å². The Balaban J connectivity index is 0.932. The van der Waals surface area contributed by atoms with Crippen LogP contribution in [0.1, 0.15) is 188 Å². The van der Waals surface area contributed by atoms with Crippen molar-refractivity contribution in [3.05, 3.63) is 0 Å². The molecule has 0 aromatic carbocycles. The zero-order chi connectivity index (χ0) is 84.0. The van der Waals surface area contributed by atoms with Gasteiger partial charge in [0, 0.05) is 143 Å². The molecule has 6 fully saturated rings. The summed E-state index contributed by atoms with van der Waals surface area (Å²) in [6, 6.07) is -0.593. The maximum absolute atomic E-state index is 14.0. The van der Waals surface area contributed by atoms with E-state index in [1.165, 1.54) is 20.8 Å². The van der Waals surface area contributed by atoms with Crippen LogP contribution in [0.4, 0.5) is 0 Å². The molecule has 20 N–H and O–H groups in total. The molecule has 6 rings (SSSR count). The Bertz CT molecular complexity index is 2950. The number of fused-ring (bicyclic) bond motifs is 8. The SMILES string of the molecule is CC(=O)NC(C)[C@@H](O)OCCCCC(=O)NCCCNC(=O)CCOCC(COCCC(=O)NCCCNC(=O)CCCCO[C@@H]1OC2C3(CO)C(C(O)[C@H]3O)C21NC(C)=O)(COCCC(=O)NCCCNC(=O)CCCCO[C@@H]1OC2C3(CO)C(C(O)[C@H]3O)C21NC(C)=O)NC(=O)CCCCCCCCCCCNC(=O)CON. The summed E-state index contributed by atoms with van der Waals surface area (Å²) < 4.78 is 47.2. The lowest BCUT2D eigenvalue weighted by molar-refractivity contribution is -0.496. The van der Waals surface area contributed by atoms with E-state index in [-0.39, 0.29) is 209 Å². The fraction of sp³-hybridized carbons (Fsp3) is 0.855. The summed E-state index contributed by atoms with van der Waals surface area (Å²) in [6.45, 7) is 6.25. The lowest BCUT2D eigenvalue weighted by Gasteiger charge is -2.82. The second kappa shape index (κ2) is 49.8. The molecule has 658 valence electrons. The second-order valence-electron chi connectivity index (χ2n) is 31.1. The summed E-state index contributed by atoms with van der Waals surface area (Å²) in [6.07, 6.45) is 3.45. The predicted molar refractivity (Wildman–Crippen MR) is 408 cm³/mol. The van der Waals surface area contributed by atoms with Crippen molar-refractivity contribution in [3.63, 3.8) is 0 Å². The Hall–Kier alpha value is -6.51. The van der Waals surface area contributed by atoms with Crippen LogP contribution in [0.2, 0.25) is 0 Å². The molecular formula is C76H132N12O27. The van der Waals surface area contributed by atoms with E-state index in [2.05, 4.69) is 63.3 Å².